The maximum Gasteiger partial charge on any atom is 0.248 e. The predicted octanol–water partition coefficient (Wildman–Crippen LogP) is -2.16. The summed E-state index contributed by atoms with van der Waals surface area (Å²) in [5.41, 5.74) is 0. The monoisotopic (exact) mass is 163 g/mol. The molecule has 0 fully saturated rings. The minimum atomic E-state index is -1.08. The standard InChI is InChI=1S/C6H13NO4/c1-4(9)6(11)7-2-5(10)3-8/h4-5,8-10H,2-3H2,1H3,(H,7,11). The van der Waals surface area contributed by atoms with E-state index in [1.54, 1.807) is 0 Å². The van der Waals surface area contributed by atoms with E-state index in [-0.39, 0.29) is 6.54 Å². The summed E-state index contributed by atoms with van der Waals surface area (Å²) < 4.78 is 0. The lowest BCUT2D eigenvalue weighted by atomic mass is 10.3. The summed E-state index contributed by atoms with van der Waals surface area (Å²) in [5.74, 6) is -0.558. The first kappa shape index (κ1) is 10.3. The van der Waals surface area contributed by atoms with Crippen LogP contribution in [0.3, 0.4) is 0 Å². The second-order valence-corrected chi connectivity index (χ2v) is 2.26. The molecule has 2 atom stereocenters. The third kappa shape index (κ3) is 4.72. The second kappa shape index (κ2) is 5.06. The van der Waals surface area contributed by atoms with Gasteiger partial charge in [0.15, 0.2) is 0 Å². The number of hydrogen-bond donors (Lipinski definition) is 4. The van der Waals surface area contributed by atoms with Gasteiger partial charge in [-0.05, 0) is 6.92 Å². The van der Waals surface area contributed by atoms with Crippen LogP contribution in [0.2, 0.25) is 0 Å². The Bertz CT molecular complexity index is 126. The Morgan fingerprint density at radius 2 is 2.09 bits per heavy atom. The molecule has 0 aliphatic carbocycles. The van der Waals surface area contributed by atoms with Crippen LogP contribution in [0.4, 0.5) is 0 Å². The number of aliphatic hydroxyl groups excluding tert-OH is 3. The minimum absolute atomic E-state index is 0.0414. The summed E-state index contributed by atoms with van der Waals surface area (Å²) in [6, 6.07) is 0. The fourth-order valence-electron chi connectivity index (χ4n) is 0.431. The van der Waals surface area contributed by atoms with Gasteiger partial charge in [0, 0.05) is 6.54 Å². The number of amides is 1. The van der Waals surface area contributed by atoms with Gasteiger partial charge in [-0.15, -0.1) is 0 Å². The van der Waals surface area contributed by atoms with Crippen molar-refractivity contribution in [1.29, 1.82) is 0 Å². The third-order valence-corrected chi connectivity index (χ3v) is 1.10. The first-order chi connectivity index (χ1) is 5.07. The van der Waals surface area contributed by atoms with Gasteiger partial charge in [0.05, 0.1) is 12.7 Å². The average Bonchev–Trinajstić information content (AvgIpc) is 1.99. The Hall–Kier alpha value is -0.650. The van der Waals surface area contributed by atoms with Crippen molar-refractivity contribution < 1.29 is 20.1 Å². The van der Waals surface area contributed by atoms with E-state index in [1.165, 1.54) is 6.92 Å². The van der Waals surface area contributed by atoms with Gasteiger partial charge in [-0.3, -0.25) is 4.79 Å². The van der Waals surface area contributed by atoms with E-state index in [1.807, 2.05) is 0 Å². The Morgan fingerprint density at radius 1 is 1.55 bits per heavy atom. The van der Waals surface area contributed by atoms with Crippen LogP contribution in [0.5, 0.6) is 0 Å². The maximum atomic E-state index is 10.6. The Balaban J connectivity index is 3.46. The summed E-state index contributed by atoms with van der Waals surface area (Å²) in [6.45, 7) is 0.876. The average molecular weight is 163 g/mol. The van der Waals surface area contributed by atoms with Gasteiger partial charge in [-0.2, -0.15) is 0 Å². The van der Waals surface area contributed by atoms with Gasteiger partial charge >= 0.3 is 0 Å². The van der Waals surface area contributed by atoms with Crippen LogP contribution in [-0.2, 0) is 4.79 Å². The zero-order chi connectivity index (χ0) is 8.85. The molecule has 0 aliphatic rings. The van der Waals surface area contributed by atoms with Gasteiger partial charge in [0.2, 0.25) is 5.91 Å². The van der Waals surface area contributed by atoms with Gasteiger partial charge < -0.3 is 20.6 Å². The quantitative estimate of drug-likeness (QED) is 0.380. The van der Waals surface area contributed by atoms with Crippen molar-refractivity contribution in [3.63, 3.8) is 0 Å². The molecule has 0 saturated carbocycles. The van der Waals surface area contributed by atoms with Crippen LogP contribution in [-0.4, -0.2) is 46.6 Å². The Labute approximate surface area is 64.7 Å². The second-order valence-electron chi connectivity index (χ2n) is 2.26. The summed E-state index contributed by atoms with van der Waals surface area (Å²) in [5, 5.41) is 27.9. The van der Waals surface area contributed by atoms with E-state index in [0.717, 1.165) is 0 Å². The van der Waals surface area contributed by atoms with Gasteiger partial charge in [0.25, 0.3) is 0 Å². The Kier molecular flexibility index (Phi) is 4.76. The third-order valence-electron chi connectivity index (χ3n) is 1.10. The number of nitrogens with one attached hydrogen (secondary N) is 1. The largest absolute Gasteiger partial charge is 0.394 e. The van der Waals surface area contributed by atoms with Crippen molar-refractivity contribution in [2.24, 2.45) is 0 Å². The van der Waals surface area contributed by atoms with E-state index < -0.39 is 24.7 Å². The van der Waals surface area contributed by atoms with Crippen molar-refractivity contribution in [3.05, 3.63) is 0 Å². The molecule has 0 spiro atoms. The molecule has 0 radical (unpaired) electrons. The highest BCUT2D eigenvalue weighted by molar-refractivity contribution is 5.79. The van der Waals surface area contributed by atoms with Crippen LogP contribution < -0.4 is 5.32 Å². The fraction of sp³-hybridized carbons (Fsp3) is 0.833. The van der Waals surface area contributed by atoms with Crippen LogP contribution in [0.25, 0.3) is 0 Å². The van der Waals surface area contributed by atoms with Gasteiger partial charge in [-0.25, -0.2) is 0 Å². The lowest BCUT2D eigenvalue weighted by molar-refractivity contribution is -0.129. The molecule has 2 unspecified atom stereocenters. The number of hydrogen-bond acceptors (Lipinski definition) is 4. The molecule has 0 aromatic carbocycles. The van der Waals surface area contributed by atoms with Crippen molar-refractivity contribution in [2.45, 2.75) is 19.1 Å². The van der Waals surface area contributed by atoms with E-state index in [2.05, 4.69) is 5.32 Å². The number of carbonyl (C=O) groups excluding carboxylic acids is 1. The molecule has 0 rings (SSSR count). The van der Waals surface area contributed by atoms with E-state index in [4.69, 9.17) is 15.3 Å². The molecular formula is C6H13NO4. The summed E-state index contributed by atoms with van der Waals surface area (Å²) in [4.78, 5) is 10.6. The summed E-state index contributed by atoms with van der Waals surface area (Å²) in [6.07, 6.45) is -2.04. The lowest BCUT2D eigenvalue weighted by Crippen LogP contribution is -2.38. The number of aliphatic hydroxyl groups is 3. The molecule has 11 heavy (non-hydrogen) atoms. The predicted molar refractivity (Wildman–Crippen MR) is 37.8 cm³/mol. The zero-order valence-electron chi connectivity index (χ0n) is 6.32. The summed E-state index contributed by atoms with van der Waals surface area (Å²) >= 11 is 0. The zero-order valence-corrected chi connectivity index (χ0v) is 6.32. The highest BCUT2D eigenvalue weighted by Gasteiger charge is 2.09. The van der Waals surface area contributed by atoms with E-state index in [9.17, 15) is 4.79 Å². The molecule has 5 nitrogen and oxygen atoms in total. The molecule has 66 valence electrons. The number of carbonyl (C=O) groups is 1. The first-order valence-corrected chi connectivity index (χ1v) is 3.32. The molecule has 0 aromatic rings. The molecule has 4 N–H and O–H groups in total. The highest BCUT2D eigenvalue weighted by atomic mass is 16.3. The highest BCUT2D eigenvalue weighted by Crippen LogP contribution is 1.81. The maximum absolute atomic E-state index is 10.6. The number of rotatable bonds is 4. The molecule has 0 aliphatic heterocycles. The lowest BCUT2D eigenvalue weighted by Gasteiger charge is -2.09. The molecule has 5 heteroatoms. The smallest absolute Gasteiger partial charge is 0.248 e. The SMILES string of the molecule is CC(O)C(=O)NCC(O)CO. The van der Waals surface area contributed by atoms with Crippen LogP contribution in [0.1, 0.15) is 6.92 Å². The van der Waals surface area contributed by atoms with E-state index in [0.29, 0.717) is 0 Å². The molecule has 0 saturated heterocycles. The van der Waals surface area contributed by atoms with Crippen LogP contribution >= 0.6 is 0 Å². The van der Waals surface area contributed by atoms with Crippen LogP contribution in [0, 0.1) is 0 Å². The van der Waals surface area contributed by atoms with Gasteiger partial charge in [-0.1, -0.05) is 0 Å². The fourth-order valence-corrected chi connectivity index (χ4v) is 0.431. The molecular weight excluding hydrogens is 150 g/mol. The normalized spacial score (nSPS) is 15.6. The minimum Gasteiger partial charge on any atom is -0.394 e. The van der Waals surface area contributed by atoms with Crippen molar-refractivity contribution in [3.8, 4) is 0 Å². The molecule has 1 amide bonds. The molecule has 0 bridgehead atoms. The van der Waals surface area contributed by atoms with Crippen molar-refractivity contribution in [1.82, 2.24) is 5.32 Å². The first-order valence-electron chi connectivity index (χ1n) is 3.32. The van der Waals surface area contributed by atoms with Crippen LogP contribution in [0.15, 0.2) is 0 Å². The van der Waals surface area contributed by atoms with Gasteiger partial charge in [0.1, 0.15) is 6.10 Å². The summed E-state index contributed by atoms with van der Waals surface area (Å²) in [7, 11) is 0. The molecule has 0 aromatic heterocycles. The van der Waals surface area contributed by atoms with Crippen molar-refractivity contribution >= 4 is 5.91 Å². The van der Waals surface area contributed by atoms with E-state index >= 15 is 0 Å². The topological polar surface area (TPSA) is 89.8 Å². The molecule has 0 heterocycles. The van der Waals surface area contributed by atoms with Crippen molar-refractivity contribution in [2.75, 3.05) is 13.2 Å². The Morgan fingerprint density at radius 3 is 2.45 bits per heavy atom.